The van der Waals surface area contributed by atoms with Gasteiger partial charge in [0.1, 0.15) is 11.6 Å². The minimum absolute atomic E-state index is 0.128. The summed E-state index contributed by atoms with van der Waals surface area (Å²) in [6.07, 6.45) is 4.75. The van der Waals surface area contributed by atoms with Crippen molar-refractivity contribution in [1.29, 1.82) is 0 Å². The van der Waals surface area contributed by atoms with Gasteiger partial charge >= 0.3 is 0 Å². The number of fused-ring (bicyclic) bond motifs is 1. The number of likely N-dealkylation sites (tertiary alicyclic amines) is 1. The summed E-state index contributed by atoms with van der Waals surface area (Å²) < 4.78 is 6.83. The molecule has 5 rings (SSSR count). The number of nitrogens with one attached hydrogen (secondary N) is 2. The minimum Gasteiger partial charge on any atom is -0.396 e. The molecule has 2 aromatic carbocycles. The van der Waals surface area contributed by atoms with Gasteiger partial charge in [-0.3, -0.25) is 14.4 Å². The molecule has 3 saturated heterocycles. The Hall–Kier alpha value is -2.94. The third-order valence-corrected chi connectivity index (χ3v) is 9.61. The number of nitrogens with zero attached hydrogens (tertiary/aromatic N) is 1. The third-order valence-electron chi connectivity index (χ3n) is 9.30. The summed E-state index contributed by atoms with van der Waals surface area (Å²) in [6, 6.07) is 14.2. The lowest BCUT2D eigenvalue weighted by atomic mass is 9.65. The lowest BCUT2D eigenvalue weighted by Crippen LogP contribution is -2.53. The summed E-state index contributed by atoms with van der Waals surface area (Å²) in [5, 5.41) is 15.7. The SMILES string of the molecule is CC[C@]12CCC3(O1)C(C(=O)Nc1c(C)cccc1Cl)N(CCCCCCO)C(=O)[C@@H]3[C@H]2C(=O)NCc1ccccc1. The number of rotatable bonds is 12. The van der Waals surface area contributed by atoms with E-state index < -0.39 is 29.1 Å². The average Bonchev–Trinajstić information content (AvgIpc) is 3.58. The first-order chi connectivity index (χ1) is 19.8. The number of aryl methyl sites for hydroxylation is 1. The second-order valence-corrected chi connectivity index (χ2v) is 12.0. The van der Waals surface area contributed by atoms with E-state index in [2.05, 4.69) is 10.6 Å². The number of aliphatic hydroxyl groups excluding tert-OH is 1. The summed E-state index contributed by atoms with van der Waals surface area (Å²) in [4.78, 5) is 43.9. The van der Waals surface area contributed by atoms with Crippen molar-refractivity contribution < 1.29 is 24.2 Å². The molecular weight excluding hydrogens is 542 g/mol. The number of hydrogen-bond donors (Lipinski definition) is 3. The Bertz CT molecular complexity index is 1270. The number of benzene rings is 2. The standard InChI is InChI=1S/C32H40ClN3O5/c1-3-31-16-17-32(41-31)25(24(31)28(38)34-20-22-13-7-6-8-14-22)30(40)36(18-9-4-5-10-19-37)27(32)29(39)35-26-21(2)12-11-15-23(26)33/h6-8,11-15,24-25,27,37H,3-5,9-10,16-20H2,1-2H3,(H,34,38)(H,35,39)/t24-,25-,27?,31+,32?/m0/s1. The van der Waals surface area contributed by atoms with Crippen LogP contribution >= 0.6 is 11.6 Å². The van der Waals surface area contributed by atoms with Gasteiger partial charge in [-0.1, -0.05) is 73.8 Å². The summed E-state index contributed by atoms with van der Waals surface area (Å²) in [5.41, 5.74) is 0.419. The number of unbranched alkanes of at least 4 members (excludes halogenated alkanes) is 3. The van der Waals surface area contributed by atoms with Crippen LogP contribution in [0.25, 0.3) is 0 Å². The second-order valence-electron chi connectivity index (χ2n) is 11.6. The van der Waals surface area contributed by atoms with Gasteiger partial charge in [0.2, 0.25) is 17.7 Å². The molecule has 3 fully saturated rings. The molecule has 3 amide bonds. The van der Waals surface area contributed by atoms with Crippen molar-refractivity contribution in [2.75, 3.05) is 18.5 Å². The Labute approximate surface area is 246 Å². The maximum absolute atomic E-state index is 14.3. The van der Waals surface area contributed by atoms with Crippen LogP contribution in [0.2, 0.25) is 5.02 Å². The summed E-state index contributed by atoms with van der Waals surface area (Å²) >= 11 is 6.46. The molecule has 2 unspecified atom stereocenters. The summed E-state index contributed by atoms with van der Waals surface area (Å²) in [5.74, 6) is -2.18. The van der Waals surface area contributed by atoms with Gasteiger partial charge in [-0.2, -0.15) is 0 Å². The Morgan fingerprint density at radius 3 is 2.51 bits per heavy atom. The van der Waals surface area contributed by atoms with Gasteiger partial charge in [-0.15, -0.1) is 0 Å². The first kappa shape index (κ1) is 29.5. The van der Waals surface area contributed by atoms with Gasteiger partial charge in [0.25, 0.3) is 0 Å². The van der Waals surface area contributed by atoms with E-state index in [1.165, 1.54) is 0 Å². The lowest BCUT2D eigenvalue weighted by molar-refractivity contribution is -0.146. The molecule has 2 aromatic rings. The van der Waals surface area contributed by atoms with E-state index in [1.807, 2.05) is 56.3 Å². The smallest absolute Gasteiger partial charge is 0.250 e. The molecule has 220 valence electrons. The molecule has 0 aliphatic carbocycles. The van der Waals surface area contributed by atoms with Crippen molar-refractivity contribution in [3.05, 3.63) is 64.7 Å². The number of carbonyl (C=O) groups excluding carboxylic acids is 3. The number of para-hydroxylation sites is 1. The highest BCUT2D eigenvalue weighted by Crippen LogP contribution is 2.64. The molecule has 2 bridgehead atoms. The van der Waals surface area contributed by atoms with Crippen molar-refractivity contribution in [3.63, 3.8) is 0 Å². The topological polar surface area (TPSA) is 108 Å². The van der Waals surface area contributed by atoms with Crippen molar-refractivity contribution in [2.24, 2.45) is 11.8 Å². The highest BCUT2D eigenvalue weighted by atomic mass is 35.5. The molecule has 3 aliphatic rings. The first-order valence-electron chi connectivity index (χ1n) is 14.8. The third kappa shape index (κ3) is 5.26. The van der Waals surface area contributed by atoms with Crippen LogP contribution in [0.5, 0.6) is 0 Å². The lowest BCUT2D eigenvalue weighted by Gasteiger charge is -2.34. The molecule has 0 radical (unpaired) electrons. The first-order valence-corrected chi connectivity index (χ1v) is 15.1. The maximum atomic E-state index is 14.3. The zero-order chi connectivity index (χ0) is 29.2. The number of hydrogen-bond acceptors (Lipinski definition) is 5. The second kappa shape index (κ2) is 12.1. The quantitative estimate of drug-likeness (QED) is 0.317. The number of carbonyl (C=O) groups is 3. The average molecular weight is 582 g/mol. The number of halogens is 1. The summed E-state index contributed by atoms with van der Waals surface area (Å²) in [7, 11) is 0. The van der Waals surface area contributed by atoms with Gasteiger partial charge in [-0.05, 0) is 56.2 Å². The van der Waals surface area contributed by atoms with Gasteiger partial charge in [-0.25, -0.2) is 0 Å². The molecule has 8 nitrogen and oxygen atoms in total. The number of ether oxygens (including phenoxy) is 1. The molecule has 3 aliphatic heterocycles. The number of aliphatic hydroxyl groups is 1. The van der Waals surface area contributed by atoms with Crippen LogP contribution < -0.4 is 10.6 Å². The van der Waals surface area contributed by atoms with Gasteiger partial charge in [0.05, 0.1) is 28.1 Å². The van der Waals surface area contributed by atoms with Crippen LogP contribution in [-0.2, 0) is 25.7 Å². The minimum atomic E-state index is -1.09. The highest BCUT2D eigenvalue weighted by molar-refractivity contribution is 6.34. The Morgan fingerprint density at radius 1 is 1.05 bits per heavy atom. The van der Waals surface area contributed by atoms with E-state index in [9.17, 15) is 14.4 Å². The largest absolute Gasteiger partial charge is 0.396 e. The fourth-order valence-electron chi connectivity index (χ4n) is 7.28. The predicted molar refractivity (Wildman–Crippen MR) is 157 cm³/mol. The van der Waals surface area contributed by atoms with Crippen LogP contribution in [0.3, 0.4) is 0 Å². The zero-order valence-corrected chi connectivity index (χ0v) is 24.6. The van der Waals surface area contributed by atoms with Gasteiger partial charge in [0.15, 0.2) is 0 Å². The summed E-state index contributed by atoms with van der Waals surface area (Å²) in [6.45, 7) is 4.72. The van der Waals surface area contributed by atoms with E-state index in [0.717, 1.165) is 24.0 Å². The zero-order valence-electron chi connectivity index (χ0n) is 23.8. The number of amides is 3. The monoisotopic (exact) mass is 581 g/mol. The fourth-order valence-corrected chi connectivity index (χ4v) is 7.55. The Morgan fingerprint density at radius 2 is 1.80 bits per heavy atom. The van der Waals surface area contributed by atoms with Crippen molar-refractivity contribution in [3.8, 4) is 0 Å². The van der Waals surface area contributed by atoms with E-state index in [4.69, 9.17) is 21.4 Å². The molecular formula is C32H40ClN3O5. The van der Waals surface area contributed by atoms with Crippen molar-refractivity contribution in [1.82, 2.24) is 10.2 Å². The molecule has 5 atom stereocenters. The molecule has 0 saturated carbocycles. The van der Waals surface area contributed by atoms with Crippen LogP contribution in [-0.4, -0.2) is 58.1 Å². The predicted octanol–water partition coefficient (Wildman–Crippen LogP) is 4.61. The molecule has 3 N–H and O–H groups in total. The van der Waals surface area contributed by atoms with Crippen LogP contribution in [0, 0.1) is 18.8 Å². The van der Waals surface area contributed by atoms with E-state index in [0.29, 0.717) is 55.9 Å². The highest BCUT2D eigenvalue weighted by Gasteiger charge is 2.78. The van der Waals surface area contributed by atoms with Crippen LogP contribution in [0.4, 0.5) is 5.69 Å². The van der Waals surface area contributed by atoms with Crippen LogP contribution in [0.1, 0.15) is 63.0 Å². The number of anilines is 1. The van der Waals surface area contributed by atoms with E-state index >= 15 is 0 Å². The molecule has 1 spiro atoms. The molecule has 3 heterocycles. The Balaban J connectivity index is 1.46. The normalized spacial score (nSPS) is 28.1. The van der Waals surface area contributed by atoms with Crippen molar-refractivity contribution in [2.45, 2.75) is 82.6 Å². The molecule has 0 aromatic heterocycles. The maximum Gasteiger partial charge on any atom is 0.250 e. The fraction of sp³-hybridized carbons (Fsp3) is 0.531. The molecule has 9 heteroatoms. The Kier molecular flexibility index (Phi) is 8.73. The molecule has 41 heavy (non-hydrogen) atoms. The van der Waals surface area contributed by atoms with Crippen molar-refractivity contribution >= 4 is 35.0 Å². The van der Waals surface area contributed by atoms with Crippen LogP contribution in [0.15, 0.2) is 48.5 Å². The van der Waals surface area contributed by atoms with Gasteiger partial charge in [0, 0.05) is 19.7 Å². The van der Waals surface area contributed by atoms with E-state index in [1.54, 1.807) is 11.0 Å². The van der Waals surface area contributed by atoms with Gasteiger partial charge < -0.3 is 25.4 Å². The van der Waals surface area contributed by atoms with E-state index in [-0.39, 0.29) is 24.3 Å².